The second kappa shape index (κ2) is 8.08. The van der Waals surface area contributed by atoms with Gasteiger partial charge in [-0.15, -0.1) is 11.3 Å². The number of ether oxygens (including phenoxy) is 2. The Labute approximate surface area is 179 Å². The van der Waals surface area contributed by atoms with Gasteiger partial charge in [-0.1, -0.05) is 17.7 Å². The van der Waals surface area contributed by atoms with E-state index in [4.69, 9.17) is 21.1 Å². The molecule has 1 N–H and O–H groups in total. The molecule has 154 valence electrons. The first-order valence-corrected chi connectivity index (χ1v) is 10.3. The number of aryl methyl sites for hydroxylation is 1. The van der Waals surface area contributed by atoms with Crippen molar-refractivity contribution in [3.8, 4) is 5.75 Å². The molecule has 0 aliphatic carbocycles. The van der Waals surface area contributed by atoms with Crippen LogP contribution in [-0.2, 0) is 14.3 Å². The Morgan fingerprint density at radius 3 is 2.72 bits per heavy atom. The van der Waals surface area contributed by atoms with Crippen molar-refractivity contribution in [1.29, 1.82) is 0 Å². The number of nitrogens with zero attached hydrogens (tertiary/aromatic N) is 1. The highest BCUT2D eigenvalue weighted by atomic mass is 35.5. The Bertz CT molecular complexity index is 996. The number of carbonyl (C=O) groups is 2. The van der Waals surface area contributed by atoms with E-state index in [9.17, 15) is 9.59 Å². The third-order valence-electron chi connectivity index (χ3n) is 4.98. The van der Waals surface area contributed by atoms with Gasteiger partial charge in [-0.25, -0.2) is 0 Å². The van der Waals surface area contributed by atoms with Gasteiger partial charge < -0.3 is 14.8 Å². The Morgan fingerprint density at radius 1 is 1.31 bits per heavy atom. The first-order chi connectivity index (χ1) is 13.7. The molecule has 0 unspecified atom stereocenters. The van der Waals surface area contributed by atoms with Gasteiger partial charge in [0, 0.05) is 10.7 Å². The summed E-state index contributed by atoms with van der Waals surface area (Å²) in [5, 5.41) is 5.25. The molecule has 0 fully saturated rings. The molecule has 0 atom stereocenters. The number of methoxy groups -OCH3 is 1. The number of halogens is 1. The number of rotatable bonds is 5. The van der Waals surface area contributed by atoms with Crippen molar-refractivity contribution in [2.45, 2.75) is 33.2 Å². The molecule has 29 heavy (non-hydrogen) atoms. The third-order valence-corrected chi connectivity index (χ3v) is 6.12. The molecule has 0 spiro atoms. The van der Waals surface area contributed by atoms with Crippen LogP contribution in [0.5, 0.6) is 5.75 Å². The molecule has 2 amide bonds. The van der Waals surface area contributed by atoms with Gasteiger partial charge in [0.1, 0.15) is 17.0 Å². The minimum atomic E-state index is -1.16. The zero-order valence-electron chi connectivity index (χ0n) is 17.0. The van der Waals surface area contributed by atoms with Gasteiger partial charge in [-0.2, -0.15) is 0 Å². The highest BCUT2D eigenvalue weighted by Gasteiger charge is 2.43. The number of nitrogens with one attached hydrogen (secondary N) is 1. The molecule has 1 aromatic heterocycles. The van der Waals surface area contributed by atoms with Crippen LogP contribution >= 0.6 is 22.9 Å². The summed E-state index contributed by atoms with van der Waals surface area (Å²) in [5.74, 6) is 0.489. The van der Waals surface area contributed by atoms with E-state index in [0.717, 1.165) is 5.56 Å². The molecule has 0 bridgehead atoms. The summed E-state index contributed by atoms with van der Waals surface area (Å²) < 4.78 is 11.1. The summed E-state index contributed by atoms with van der Waals surface area (Å²) in [5.41, 5.74) is 0.720. The lowest BCUT2D eigenvalue weighted by Crippen LogP contribution is -2.57. The van der Waals surface area contributed by atoms with E-state index in [1.165, 1.54) is 16.2 Å². The molecule has 1 aromatic carbocycles. The van der Waals surface area contributed by atoms with Gasteiger partial charge in [0.2, 0.25) is 5.91 Å². The summed E-state index contributed by atoms with van der Waals surface area (Å²) in [7, 11) is 1.55. The van der Waals surface area contributed by atoms with Crippen LogP contribution < -0.4 is 10.1 Å². The maximum absolute atomic E-state index is 13.4. The second-order valence-corrected chi connectivity index (χ2v) is 8.58. The maximum atomic E-state index is 13.4. The number of hydrogen-bond donors (Lipinski definition) is 1. The fourth-order valence-electron chi connectivity index (χ4n) is 3.02. The third kappa shape index (κ3) is 3.97. The standard InChI is InChI=1S/C21H23ClN2O4S/c1-12-6-7-14(22)10-15(12)23-20(26)21(3,4)24-11-28-13(2)17(19(24)25)18-16(27-5)8-9-29-18/h6-10H,11H2,1-5H3,(H,23,26). The quantitative estimate of drug-likeness (QED) is 0.741. The number of thiophene rings is 1. The van der Waals surface area contributed by atoms with E-state index in [-0.39, 0.29) is 18.5 Å². The van der Waals surface area contributed by atoms with Crippen molar-refractivity contribution in [2.24, 2.45) is 0 Å². The normalized spacial score (nSPS) is 14.7. The van der Waals surface area contributed by atoms with E-state index >= 15 is 0 Å². The highest BCUT2D eigenvalue weighted by Crippen LogP contribution is 2.38. The van der Waals surface area contributed by atoms with Crippen LogP contribution in [0.2, 0.25) is 5.02 Å². The molecule has 8 heteroatoms. The van der Waals surface area contributed by atoms with Gasteiger partial charge in [-0.05, 0) is 56.8 Å². The van der Waals surface area contributed by atoms with E-state index < -0.39 is 5.54 Å². The molecule has 6 nitrogen and oxygen atoms in total. The average Bonchev–Trinajstić information content (AvgIpc) is 3.12. The molecule has 0 radical (unpaired) electrons. The Hall–Kier alpha value is -2.51. The zero-order chi connectivity index (χ0) is 21.3. The van der Waals surface area contributed by atoms with E-state index in [0.29, 0.717) is 32.7 Å². The first kappa shape index (κ1) is 21.2. The second-order valence-electron chi connectivity index (χ2n) is 7.23. The number of allylic oxidation sites excluding steroid dienone is 1. The Morgan fingerprint density at radius 2 is 2.03 bits per heavy atom. The van der Waals surface area contributed by atoms with Gasteiger partial charge in [0.15, 0.2) is 6.73 Å². The minimum Gasteiger partial charge on any atom is -0.495 e. The van der Waals surface area contributed by atoms with Crippen LogP contribution in [-0.4, -0.2) is 36.1 Å². The lowest BCUT2D eigenvalue weighted by atomic mass is 9.98. The van der Waals surface area contributed by atoms with E-state index in [1.807, 2.05) is 18.4 Å². The number of carbonyl (C=O) groups excluding carboxylic acids is 2. The number of hydrogen-bond acceptors (Lipinski definition) is 5. The average molecular weight is 435 g/mol. The summed E-state index contributed by atoms with van der Waals surface area (Å²) >= 11 is 7.44. The van der Waals surface area contributed by atoms with Crippen LogP contribution in [0.15, 0.2) is 35.4 Å². The number of anilines is 1. The van der Waals surface area contributed by atoms with Crippen LogP contribution in [0.25, 0.3) is 5.57 Å². The SMILES string of the molecule is COc1ccsc1C1=C(C)OCN(C(C)(C)C(=O)Nc2cc(Cl)ccc2C)C1=O. The number of benzene rings is 1. The summed E-state index contributed by atoms with van der Waals surface area (Å²) in [6, 6.07) is 7.07. The molecule has 0 saturated heterocycles. The van der Waals surface area contributed by atoms with Gasteiger partial charge in [0.25, 0.3) is 5.91 Å². The van der Waals surface area contributed by atoms with Crippen LogP contribution in [0.1, 0.15) is 31.2 Å². The monoisotopic (exact) mass is 434 g/mol. The van der Waals surface area contributed by atoms with Crippen molar-refractivity contribution < 1.29 is 19.1 Å². The van der Waals surface area contributed by atoms with Crippen LogP contribution in [0.3, 0.4) is 0 Å². The van der Waals surface area contributed by atoms with Gasteiger partial charge >= 0.3 is 0 Å². The van der Waals surface area contributed by atoms with Crippen molar-refractivity contribution >= 4 is 46.0 Å². The first-order valence-electron chi connectivity index (χ1n) is 9.02. The van der Waals surface area contributed by atoms with E-state index in [1.54, 1.807) is 46.1 Å². The van der Waals surface area contributed by atoms with Crippen molar-refractivity contribution in [3.05, 3.63) is 50.9 Å². The largest absolute Gasteiger partial charge is 0.495 e. The van der Waals surface area contributed by atoms with E-state index in [2.05, 4.69) is 5.32 Å². The van der Waals surface area contributed by atoms with Gasteiger partial charge in [-0.3, -0.25) is 14.5 Å². The molecular weight excluding hydrogens is 412 g/mol. The summed E-state index contributed by atoms with van der Waals surface area (Å²) in [6.07, 6.45) is 0. The Kier molecular flexibility index (Phi) is 5.91. The predicted molar refractivity (Wildman–Crippen MR) is 115 cm³/mol. The highest BCUT2D eigenvalue weighted by molar-refractivity contribution is 7.12. The molecule has 1 aliphatic rings. The summed E-state index contributed by atoms with van der Waals surface area (Å²) in [4.78, 5) is 28.6. The molecular formula is C21H23ClN2O4S. The summed E-state index contributed by atoms with van der Waals surface area (Å²) in [6.45, 7) is 6.98. The predicted octanol–water partition coefficient (Wildman–Crippen LogP) is 4.68. The minimum absolute atomic E-state index is 0.0171. The molecule has 1 aliphatic heterocycles. The fourth-order valence-corrected chi connectivity index (χ4v) is 4.13. The van der Waals surface area contributed by atoms with Gasteiger partial charge in [0.05, 0.1) is 17.6 Å². The lowest BCUT2D eigenvalue weighted by molar-refractivity contribution is -0.147. The molecule has 3 rings (SSSR count). The topological polar surface area (TPSA) is 67.9 Å². The van der Waals surface area contributed by atoms with Crippen LogP contribution in [0.4, 0.5) is 5.69 Å². The lowest BCUT2D eigenvalue weighted by Gasteiger charge is -2.40. The maximum Gasteiger partial charge on any atom is 0.262 e. The van der Waals surface area contributed by atoms with Crippen LogP contribution in [0, 0.1) is 6.92 Å². The molecule has 2 heterocycles. The zero-order valence-corrected chi connectivity index (χ0v) is 18.5. The molecule has 2 aromatic rings. The van der Waals surface area contributed by atoms with Crippen molar-refractivity contribution in [3.63, 3.8) is 0 Å². The fraction of sp³-hybridized carbons (Fsp3) is 0.333. The smallest absolute Gasteiger partial charge is 0.262 e. The molecule has 0 saturated carbocycles. The Balaban J connectivity index is 1.90. The number of amides is 2. The van der Waals surface area contributed by atoms with Crippen molar-refractivity contribution in [2.75, 3.05) is 19.2 Å². The van der Waals surface area contributed by atoms with Crippen molar-refractivity contribution in [1.82, 2.24) is 4.90 Å².